The topological polar surface area (TPSA) is 38.7 Å². The summed E-state index contributed by atoms with van der Waals surface area (Å²) in [7, 11) is 0. The van der Waals surface area contributed by atoms with Crippen LogP contribution in [0.3, 0.4) is 0 Å². The highest BCUT2D eigenvalue weighted by molar-refractivity contribution is 5.95. The normalized spacial score (nSPS) is 14.1. The highest BCUT2D eigenvalue weighted by atomic mass is 15.0. The summed E-state index contributed by atoms with van der Waals surface area (Å²) >= 11 is 0. The molecule has 0 unspecified atom stereocenters. The van der Waals surface area contributed by atoms with Gasteiger partial charge >= 0.3 is 0 Å². The Morgan fingerprint density at radius 1 is 0.226 bits per heavy atom. The molecular formula is C59H37N3. The van der Waals surface area contributed by atoms with Crippen molar-refractivity contribution in [1.29, 1.82) is 0 Å². The molecule has 0 atom stereocenters. The minimum atomic E-state index is -0.694. The highest BCUT2D eigenvalue weighted by Crippen LogP contribution is 2.68. The van der Waals surface area contributed by atoms with E-state index < -0.39 is 10.8 Å². The zero-order valence-electron chi connectivity index (χ0n) is 33.7. The molecule has 62 heavy (non-hydrogen) atoms. The first-order valence-electron chi connectivity index (χ1n) is 21.4. The van der Waals surface area contributed by atoms with E-state index >= 15 is 0 Å². The van der Waals surface area contributed by atoms with Crippen molar-refractivity contribution in [1.82, 2.24) is 15.0 Å². The van der Waals surface area contributed by atoms with Crippen LogP contribution in [0.2, 0.25) is 0 Å². The van der Waals surface area contributed by atoms with Gasteiger partial charge in [-0.2, -0.15) is 0 Å². The van der Waals surface area contributed by atoms with Crippen molar-refractivity contribution >= 4 is 0 Å². The lowest BCUT2D eigenvalue weighted by atomic mass is 9.51. The van der Waals surface area contributed by atoms with Crippen LogP contribution in [0.25, 0.3) is 67.5 Å². The molecule has 9 aromatic carbocycles. The Labute approximate surface area is 360 Å². The van der Waals surface area contributed by atoms with E-state index in [1.165, 1.54) is 66.8 Å². The molecule has 3 aliphatic rings. The maximum absolute atomic E-state index is 5.55. The number of benzene rings is 9. The molecule has 0 bridgehead atoms. The second-order valence-electron chi connectivity index (χ2n) is 16.6. The molecule has 3 heteroatoms. The Morgan fingerprint density at radius 3 is 1.15 bits per heavy atom. The second kappa shape index (κ2) is 13.2. The Bertz CT molecular complexity index is 3330. The van der Waals surface area contributed by atoms with E-state index in [1.807, 2.05) is 6.07 Å². The lowest BCUT2D eigenvalue weighted by Crippen LogP contribution is -2.44. The smallest absolute Gasteiger partial charge is 0.164 e. The van der Waals surface area contributed by atoms with E-state index in [9.17, 15) is 0 Å². The van der Waals surface area contributed by atoms with Crippen molar-refractivity contribution in [2.75, 3.05) is 0 Å². The van der Waals surface area contributed by atoms with Gasteiger partial charge in [0.2, 0.25) is 0 Å². The van der Waals surface area contributed by atoms with E-state index in [4.69, 9.17) is 15.0 Å². The number of aromatic nitrogens is 3. The van der Waals surface area contributed by atoms with Crippen molar-refractivity contribution in [3.63, 3.8) is 0 Å². The van der Waals surface area contributed by atoms with Crippen LogP contribution in [0.5, 0.6) is 0 Å². The molecule has 3 aliphatic carbocycles. The van der Waals surface area contributed by atoms with E-state index in [1.54, 1.807) is 0 Å². The third-order valence-corrected chi connectivity index (χ3v) is 13.6. The molecule has 288 valence electrons. The van der Waals surface area contributed by atoms with E-state index in [0.717, 1.165) is 27.8 Å². The summed E-state index contributed by atoms with van der Waals surface area (Å²) in [5, 5.41) is 0. The Balaban J connectivity index is 1.19. The molecule has 1 heterocycles. The summed E-state index contributed by atoms with van der Waals surface area (Å²) in [5.41, 5.74) is 19.0. The Morgan fingerprint density at radius 2 is 0.581 bits per heavy atom. The van der Waals surface area contributed by atoms with Crippen LogP contribution < -0.4 is 0 Å². The van der Waals surface area contributed by atoms with Gasteiger partial charge in [0.25, 0.3) is 0 Å². The van der Waals surface area contributed by atoms with Gasteiger partial charge in [-0.3, -0.25) is 0 Å². The maximum Gasteiger partial charge on any atom is 0.164 e. The lowest BCUT2D eigenvalue weighted by molar-refractivity contribution is 0.633. The average molecular weight is 788 g/mol. The van der Waals surface area contributed by atoms with Gasteiger partial charge in [-0.1, -0.05) is 218 Å². The van der Waals surface area contributed by atoms with Crippen LogP contribution >= 0.6 is 0 Å². The van der Waals surface area contributed by atoms with Gasteiger partial charge in [-0.15, -0.1) is 0 Å². The van der Waals surface area contributed by atoms with Gasteiger partial charge in [0.15, 0.2) is 17.5 Å². The highest BCUT2D eigenvalue weighted by Gasteiger charge is 2.59. The molecule has 0 fully saturated rings. The van der Waals surface area contributed by atoms with Crippen LogP contribution in [0, 0.1) is 0 Å². The molecule has 10 aromatic rings. The summed E-state index contributed by atoms with van der Waals surface area (Å²) < 4.78 is 0. The summed E-state index contributed by atoms with van der Waals surface area (Å²) in [6.07, 6.45) is 0. The molecular weight excluding hydrogens is 751 g/mol. The minimum absolute atomic E-state index is 0.616. The van der Waals surface area contributed by atoms with Gasteiger partial charge in [0.05, 0.1) is 10.8 Å². The van der Waals surface area contributed by atoms with E-state index in [0.29, 0.717) is 17.5 Å². The van der Waals surface area contributed by atoms with Crippen LogP contribution in [0.4, 0.5) is 0 Å². The fourth-order valence-electron chi connectivity index (χ4n) is 11.3. The standard InChI is InChI=1S/C59H37N3/c1-3-19-38(20-4-1)40-23-17-24-41(37-40)56-60-55(39-21-5-2-6-22-39)61-57(62-56)46-29-18-36-53-54(46)59(49-32-13-9-27-44(49)45-28-10-14-33-50(45)59)52-35-16-15-34-51(52)58(53)47-30-11-7-25-42(47)43-26-8-12-31-48(43)58/h1-37H. The first kappa shape index (κ1) is 34.8. The zero-order valence-corrected chi connectivity index (χ0v) is 33.7. The fraction of sp³-hybridized carbons (Fsp3) is 0.0339. The van der Waals surface area contributed by atoms with Crippen LogP contribution in [-0.2, 0) is 10.8 Å². The SMILES string of the molecule is c1ccc(-c2cccc(-c3nc(-c4ccccc4)nc(-c4cccc5c4C4(c6ccccc6-c6ccccc64)c4ccccc4C54c5ccccc5-c5ccccc54)n3)c2)cc1. The maximum atomic E-state index is 5.55. The van der Waals surface area contributed by atoms with Crippen LogP contribution in [0.15, 0.2) is 224 Å². The molecule has 2 spiro atoms. The van der Waals surface area contributed by atoms with E-state index in [-0.39, 0.29) is 0 Å². The molecule has 0 radical (unpaired) electrons. The van der Waals surface area contributed by atoms with Crippen LogP contribution in [-0.4, -0.2) is 15.0 Å². The average Bonchev–Trinajstić information content (AvgIpc) is 3.82. The van der Waals surface area contributed by atoms with Crippen molar-refractivity contribution in [2.45, 2.75) is 10.8 Å². The minimum Gasteiger partial charge on any atom is -0.208 e. The van der Waals surface area contributed by atoms with Gasteiger partial charge in [0, 0.05) is 16.7 Å². The molecule has 1 aromatic heterocycles. The molecule has 3 nitrogen and oxygen atoms in total. The third kappa shape index (κ3) is 4.62. The monoisotopic (exact) mass is 787 g/mol. The predicted molar refractivity (Wildman–Crippen MR) is 250 cm³/mol. The Kier molecular flexibility index (Phi) is 7.44. The quantitative estimate of drug-likeness (QED) is 0.178. The molecule has 0 aliphatic heterocycles. The van der Waals surface area contributed by atoms with Crippen molar-refractivity contribution in [3.8, 4) is 67.5 Å². The fourth-order valence-corrected chi connectivity index (χ4v) is 11.3. The van der Waals surface area contributed by atoms with Gasteiger partial charge < -0.3 is 0 Å². The first-order chi connectivity index (χ1) is 30.8. The van der Waals surface area contributed by atoms with Gasteiger partial charge in [-0.05, 0) is 84.0 Å². The molecule has 13 rings (SSSR count). The number of hydrogen-bond donors (Lipinski definition) is 0. The predicted octanol–water partition coefficient (Wildman–Crippen LogP) is 13.6. The molecule has 0 amide bonds. The summed E-state index contributed by atoms with van der Waals surface area (Å²) in [5.74, 6) is 1.91. The molecule has 0 N–H and O–H groups in total. The number of nitrogens with zero attached hydrogens (tertiary/aromatic N) is 3. The van der Waals surface area contributed by atoms with Crippen molar-refractivity contribution < 1.29 is 0 Å². The third-order valence-electron chi connectivity index (χ3n) is 13.6. The second-order valence-corrected chi connectivity index (χ2v) is 16.6. The largest absolute Gasteiger partial charge is 0.208 e. The zero-order chi connectivity index (χ0) is 40.8. The molecule has 0 saturated heterocycles. The van der Waals surface area contributed by atoms with Crippen molar-refractivity contribution in [3.05, 3.63) is 269 Å². The van der Waals surface area contributed by atoms with Gasteiger partial charge in [0.1, 0.15) is 0 Å². The lowest BCUT2D eigenvalue weighted by Gasteiger charge is -2.49. The number of rotatable bonds is 4. The number of hydrogen-bond acceptors (Lipinski definition) is 3. The summed E-state index contributed by atoms with van der Waals surface area (Å²) in [6.45, 7) is 0. The number of fused-ring (bicyclic) bond motifs is 16. The van der Waals surface area contributed by atoms with Crippen molar-refractivity contribution in [2.24, 2.45) is 0 Å². The first-order valence-corrected chi connectivity index (χ1v) is 21.4. The van der Waals surface area contributed by atoms with E-state index in [2.05, 4.69) is 218 Å². The molecule has 0 saturated carbocycles. The summed E-state index contributed by atoms with van der Waals surface area (Å²) in [4.78, 5) is 16.3. The van der Waals surface area contributed by atoms with Gasteiger partial charge in [-0.25, -0.2) is 15.0 Å². The Hall–Kier alpha value is -8.01. The summed E-state index contributed by atoms with van der Waals surface area (Å²) in [6, 6.07) is 81.6. The van der Waals surface area contributed by atoms with Crippen LogP contribution in [0.1, 0.15) is 44.5 Å².